The first-order valence-corrected chi connectivity index (χ1v) is 16.0. The van der Waals surface area contributed by atoms with Gasteiger partial charge in [0.25, 0.3) is 11.8 Å². The zero-order valence-electron chi connectivity index (χ0n) is 27.4. The number of hydrogen-bond donors (Lipinski definition) is 2. The fourth-order valence-corrected chi connectivity index (χ4v) is 5.44. The number of benzene rings is 2. The van der Waals surface area contributed by atoms with Gasteiger partial charge in [-0.2, -0.15) is 18.3 Å². The fraction of sp³-hybridized carbons (Fsp3) is 0.314. The normalized spacial score (nSPS) is 16.1. The zero-order chi connectivity index (χ0) is 35.7. The number of carbonyl (C=O) groups is 3. The van der Waals surface area contributed by atoms with Gasteiger partial charge in [-0.1, -0.05) is 55.1 Å². The maximum atomic E-state index is 13.0. The van der Waals surface area contributed by atoms with Gasteiger partial charge < -0.3 is 15.4 Å². The molecule has 262 valence electrons. The number of nitrogens with one attached hydrogen (secondary N) is 2. The molecule has 4 heterocycles. The highest BCUT2D eigenvalue weighted by Crippen LogP contribution is 2.31. The van der Waals surface area contributed by atoms with Gasteiger partial charge in [0.1, 0.15) is 17.6 Å². The van der Waals surface area contributed by atoms with Gasteiger partial charge in [-0.15, -0.1) is 0 Å². The molecule has 12 nitrogen and oxygen atoms in total. The van der Waals surface area contributed by atoms with Crippen molar-refractivity contribution >= 4 is 23.5 Å². The van der Waals surface area contributed by atoms with Crippen LogP contribution in [0.15, 0.2) is 91.3 Å². The van der Waals surface area contributed by atoms with Crippen LogP contribution in [0.25, 0.3) is 5.69 Å². The number of nitrogens with zero attached hydrogens (tertiary/aromatic N) is 6. The van der Waals surface area contributed by atoms with E-state index in [1.807, 2.05) is 60.7 Å². The number of carbonyl (C=O) groups excluding carboxylic acids is 3. The van der Waals surface area contributed by atoms with Crippen molar-refractivity contribution in [1.29, 1.82) is 0 Å². The number of morpholine rings is 1. The van der Waals surface area contributed by atoms with Crippen LogP contribution in [0.3, 0.4) is 0 Å². The molecule has 0 spiro atoms. The molecule has 2 aromatic carbocycles. The Morgan fingerprint density at radius 1 is 1.02 bits per heavy atom. The number of rotatable bonds is 9. The van der Waals surface area contributed by atoms with Crippen LogP contribution in [-0.2, 0) is 33.5 Å². The molecule has 15 heteroatoms. The van der Waals surface area contributed by atoms with E-state index in [1.165, 1.54) is 4.90 Å². The molecule has 0 saturated carbocycles. The lowest BCUT2D eigenvalue weighted by Crippen LogP contribution is -2.53. The number of amides is 3. The Balaban J connectivity index is 0.000000219. The summed E-state index contributed by atoms with van der Waals surface area (Å²) in [5.74, 6) is -1.49. The molecule has 50 heavy (non-hydrogen) atoms. The molecule has 1 unspecified atom stereocenters. The maximum Gasteiger partial charge on any atom is 0.433 e. The molecule has 2 N–H and O–H groups in total. The van der Waals surface area contributed by atoms with Gasteiger partial charge in [-0.25, -0.2) is 14.6 Å². The lowest BCUT2D eigenvalue weighted by Gasteiger charge is -2.32. The molecule has 1 fully saturated rings. The Morgan fingerprint density at radius 3 is 2.36 bits per heavy atom. The van der Waals surface area contributed by atoms with Crippen LogP contribution in [0.5, 0.6) is 0 Å². The van der Waals surface area contributed by atoms with Gasteiger partial charge in [-0.05, 0) is 30.7 Å². The van der Waals surface area contributed by atoms with Crippen LogP contribution < -0.4 is 15.5 Å². The number of likely N-dealkylation sites (N-methyl/N-ethyl adjacent to an activating group) is 1. The minimum atomic E-state index is -4.71. The fourth-order valence-electron chi connectivity index (χ4n) is 5.44. The second kappa shape index (κ2) is 16.3. The molecule has 2 aromatic heterocycles. The summed E-state index contributed by atoms with van der Waals surface area (Å²) in [6.07, 6.45) is -2.11. The van der Waals surface area contributed by atoms with Crippen molar-refractivity contribution in [1.82, 2.24) is 35.3 Å². The third-order valence-electron chi connectivity index (χ3n) is 7.97. The molecule has 0 bridgehead atoms. The number of anilines is 1. The van der Waals surface area contributed by atoms with Crippen molar-refractivity contribution in [3.63, 3.8) is 0 Å². The molecule has 1 atom stereocenters. The predicted octanol–water partition coefficient (Wildman–Crippen LogP) is 3.58. The second-order valence-corrected chi connectivity index (χ2v) is 11.5. The number of ether oxygens (including phenoxy) is 1. The van der Waals surface area contributed by atoms with Crippen LogP contribution in [0.4, 0.5) is 19.0 Å². The highest BCUT2D eigenvalue weighted by molar-refractivity contribution is 6.03. The van der Waals surface area contributed by atoms with Crippen molar-refractivity contribution in [3.05, 3.63) is 114 Å². The third kappa shape index (κ3) is 8.98. The van der Waals surface area contributed by atoms with Crippen LogP contribution in [-0.4, -0.2) is 87.8 Å². The quantitative estimate of drug-likeness (QED) is 0.255. The summed E-state index contributed by atoms with van der Waals surface area (Å²) < 4.78 is 45.5. The molecule has 0 aliphatic carbocycles. The number of hydrogen-bond acceptors (Lipinski definition) is 8. The summed E-state index contributed by atoms with van der Waals surface area (Å²) in [6.45, 7) is 10.3. The van der Waals surface area contributed by atoms with E-state index in [1.54, 1.807) is 17.8 Å². The Kier molecular flexibility index (Phi) is 11.7. The smallest absolute Gasteiger partial charge is 0.379 e. The molecular weight excluding hydrogens is 653 g/mol. The van der Waals surface area contributed by atoms with E-state index in [0.717, 1.165) is 49.3 Å². The van der Waals surface area contributed by atoms with Crippen LogP contribution in [0.1, 0.15) is 34.4 Å². The first-order valence-electron chi connectivity index (χ1n) is 16.0. The molecule has 4 aromatic rings. The topological polar surface area (TPSA) is 135 Å². The third-order valence-corrected chi connectivity index (χ3v) is 7.97. The summed E-state index contributed by atoms with van der Waals surface area (Å²) >= 11 is 0. The number of alkyl halides is 3. The monoisotopic (exact) mass is 690 g/mol. The number of para-hydroxylation sites is 1. The van der Waals surface area contributed by atoms with Crippen molar-refractivity contribution in [2.24, 2.45) is 0 Å². The van der Waals surface area contributed by atoms with Gasteiger partial charge in [0, 0.05) is 56.5 Å². The largest absolute Gasteiger partial charge is 0.433 e. The van der Waals surface area contributed by atoms with E-state index in [0.29, 0.717) is 37.1 Å². The molecule has 1 saturated heterocycles. The molecule has 0 radical (unpaired) electrons. The first-order chi connectivity index (χ1) is 24.0. The van der Waals surface area contributed by atoms with Gasteiger partial charge in [0.15, 0.2) is 0 Å². The van der Waals surface area contributed by atoms with Crippen molar-refractivity contribution in [2.45, 2.75) is 32.1 Å². The summed E-state index contributed by atoms with van der Waals surface area (Å²) in [7, 11) is 0. The van der Waals surface area contributed by atoms with Crippen molar-refractivity contribution in [2.75, 3.05) is 44.3 Å². The Bertz CT molecular complexity index is 1790. The lowest BCUT2D eigenvalue weighted by molar-refractivity contribution is -0.141. The molecular formula is C35H37F3N8O4. The Labute approximate surface area is 287 Å². The van der Waals surface area contributed by atoms with E-state index in [9.17, 15) is 27.6 Å². The minimum Gasteiger partial charge on any atom is -0.379 e. The summed E-state index contributed by atoms with van der Waals surface area (Å²) in [5.41, 5.74) is 1.97. The van der Waals surface area contributed by atoms with E-state index in [2.05, 4.69) is 37.2 Å². The first kappa shape index (κ1) is 35.9. The predicted molar refractivity (Wildman–Crippen MR) is 178 cm³/mol. The van der Waals surface area contributed by atoms with Crippen LogP contribution in [0, 0.1) is 0 Å². The number of aromatic nitrogens is 4. The minimum absolute atomic E-state index is 0.0738. The van der Waals surface area contributed by atoms with E-state index in [4.69, 9.17) is 4.74 Å². The van der Waals surface area contributed by atoms with Crippen LogP contribution >= 0.6 is 0 Å². The van der Waals surface area contributed by atoms with Crippen LogP contribution in [0.2, 0.25) is 0 Å². The summed E-state index contributed by atoms with van der Waals surface area (Å²) in [5, 5.41) is 9.72. The summed E-state index contributed by atoms with van der Waals surface area (Å²) in [4.78, 5) is 48.0. The van der Waals surface area contributed by atoms with Gasteiger partial charge in [0.05, 0.1) is 25.1 Å². The average Bonchev–Trinajstić information content (AvgIpc) is 3.55. The highest BCUT2D eigenvalue weighted by atomic mass is 19.4. The summed E-state index contributed by atoms with van der Waals surface area (Å²) in [6, 6.07) is 18.8. The van der Waals surface area contributed by atoms with Crippen molar-refractivity contribution < 1.29 is 32.3 Å². The average molecular weight is 691 g/mol. The molecule has 2 aliphatic heterocycles. The number of halogens is 3. The molecule has 3 amide bonds. The maximum absolute atomic E-state index is 13.0. The van der Waals surface area contributed by atoms with Crippen molar-refractivity contribution in [3.8, 4) is 5.69 Å². The zero-order valence-corrected chi connectivity index (χ0v) is 27.4. The highest BCUT2D eigenvalue weighted by Gasteiger charge is 2.37. The molecule has 2 aliphatic rings. The lowest BCUT2D eigenvalue weighted by atomic mass is 10.0. The second-order valence-electron chi connectivity index (χ2n) is 11.5. The Hall–Kier alpha value is -5.41. The van der Waals surface area contributed by atoms with E-state index >= 15 is 0 Å². The number of fused-ring (bicyclic) bond motifs is 1. The SMILES string of the molecule is C=C(CN1CCOCC1)C(=O)NCc1ccccc1.CCN1C(=O)C(NC(=O)c2nccc(C(F)(F)F)n2)Cc2cnn(-c3ccccc3)c21. The van der Waals surface area contributed by atoms with Gasteiger partial charge >= 0.3 is 6.18 Å². The Morgan fingerprint density at radius 2 is 1.70 bits per heavy atom. The molecule has 6 rings (SSSR count). The van der Waals surface area contributed by atoms with Gasteiger partial charge in [-0.3, -0.25) is 24.2 Å². The standard InChI is InChI=1S/C20H17F3N6O2.C15H20N2O2/c1-2-28-18-12(11-25-29(18)13-6-4-3-5-7-13)10-14(19(28)31)26-17(30)16-24-9-8-15(27-16)20(21,22)23;1-13(12-17-7-9-19-10-8-17)15(18)16-11-14-5-3-2-4-6-14/h3-9,11,14H,2,10H2,1H3,(H,26,30);2-6H,1,7-12H2,(H,16,18). The van der Waals surface area contributed by atoms with E-state index < -0.39 is 35.6 Å². The van der Waals surface area contributed by atoms with E-state index in [-0.39, 0.29) is 12.3 Å². The van der Waals surface area contributed by atoms with Gasteiger partial charge in [0.2, 0.25) is 11.7 Å².